The van der Waals surface area contributed by atoms with Gasteiger partial charge in [0, 0.05) is 17.8 Å². The van der Waals surface area contributed by atoms with Crippen molar-refractivity contribution in [2.24, 2.45) is 0 Å². The number of carbonyl (C=O) groups excluding carboxylic acids is 1. The standard InChI is InChI=1S/C19H16F3N3OS/c20-19(21,22)13-23-17(26)9-8-15-12-25(11-14-5-2-1-3-6-14)24-18(15)16-7-4-10-27-16/h1-10,12H,11,13H2,(H,23,26). The number of hydrogen-bond acceptors (Lipinski definition) is 3. The van der Waals surface area contributed by atoms with E-state index in [0.717, 1.165) is 16.5 Å². The van der Waals surface area contributed by atoms with Crippen LogP contribution in [0.3, 0.4) is 0 Å². The molecule has 2 aromatic heterocycles. The van der Waals surface area contributed by atoms with Gasteiger partial charge in [-0.1, -0.05) is 36.4 Å². The van der Waals surface area contributed by atoms with Crippen LogP contribution in [0, 0.1) is 0 Å². The molecular weight excluding hydrogens is 375 g/mol. The summed E-state index contributed by atoms with van der Waals surface area (Å²) in [5, 5.41) is 8.31. The first kappa shape index (κ1) is 18.9. The maximum absolute atomic E-state index is 12.2. The monoisotopic (exact) mass is 391 g/mol. The number of thiophene rings is 1. The number of nitrogens with zero attached hydrogens (tertiary/aromatic N) is 2. The maximum Gasteiger partial charge on any atom is 0.405 e. The molecule has 2 heterocycles. The zero-order chi connectivity index (χ0) is 19.3. The van der Waals surface area contributed by atoms with Crippen molar-refractivity contribution in [1.29, 1.82) is 0 Å². The third-order valence-corrected chi connectivity index (χ3v) is 4.49. The van der Waals surface area contributed by atoms with Gasteiger partial charge >= 0.3 is 6.18 Å². The van der Waals surface area contributed by atoms with Gasteiger partial charge in [-0.3, -0.25) is 9.48 Å². The number of amides is 1. The van der Waals surface area contributed by atoms with Crippen molar-refractivity contribution in [2.45, 2.75) is 12.7 Å². The van der Waals surface area contributed by atoms with Gasteiger partial charge in [-0.25, -0.2) is 0 Å². The first-order valence-corrected chi connectivity index (χ1v) is 8.96. The third kappa shape index (κ3) is 5.55. The molecule has 1 N–H and O–H groups in total. The molecule has 0 fully saturated rings. The van der Waals surface area contributed by atoms with E-state index in [-0.39, 0.29) is 0 Å². The topological polar surface area (TPSA) is 46.9 Å². The molecule has 0 spiro atoms. The van der Waals surface area contributed by atoms with Crippen LogP contribution < -0.4 is 5.32 Å². The molecule has 3 aromatic rings. The molecule has 3 rings (SSSR count). The van der Waals surface area contributed by atoms with Crippen LogP contribution in [0.1, 0.15) is 11.1 Å². The number of nitrogens with one attached hydrogen (secondary N) is 1. The van der Waals surface area contributed by atoms with E-state index in [4.69, 9.17) is 0 Å². The molecule has 0 unspecified atom stereocenters. The first-order chi connectivity index (χ1) is 12.9. The highest BCUT2D eigenvalue weighted by Gasteiger charge is 2.27. The van der Waals surface area contributed by atoms with Crippen LogP contribution in [-0.4, -0.2) is 28.4 Å². The molecule has 0 aliphatic carbocycles. The van der Waals surface area contributed by atoms with E-state index in [1.54, 1.807) is 10.9 Å². The first-order valence-electron chi connectivity index (χ1n) is 8.08. The molecule has 140 valence electrons. The maximum atomic E-state index is 12.2. The Labute approximate surface area is 158 Å². The smallest absolute Gasteiger partial charge is 0.343 e. The van der Waals surface area contributed by atoms with Crippen molar-refractivity contribution >= 4 is 23.3 Å². The second-order valence-corrected chi connectivity index (χ2v) is 6.71. The second-order valence-electron chi connectivity index (χ2n) is 5.76. The predicted octanol–water partition coefficient (Wildman–Crippen LogP) is 4.35. The summed E-state index contributed by atoms with van der Waals surface area (Å²) in [5.74, 6) is -0.805. The normalized spacial score (nSPS) is 11.8. The highest BCUT2D eigenvalue weighted by atomic mass is 32.1. The highest BCUT2D eigenvalue weighted by Crippen LogP contribution is 2.27. The molecule has 0 saturated heterocycles. The number of benzene rings is 1. The Morgan fingerprint density at radius 1 is 1.19 bits per heavy atom. The van der Waals surface area contributed by atoms with Crippen LogP contribution in [0.25, 0.3) is 16.6 Å². The Hall–Kier alpha value is -2.87. The molecule has 0 atom stereocenters. The summed E-state index contributed by atoms with van der Waals surface area (Å²) in [6.45, 7) is -0.811. The lowest BCUT2D eigenvalue weighted by molar-refractivity contribution is -0.135. The van der Waals surface area contributed by atoms with E-state index in [9.17, 15) is 18.0 Å². The van der Waals surface area contributed by atoms with Gasteiger partial charge in [0.1, 0.15) is 12.2 Å². The van der Waals surface area contributed by atoms with E-state index in [2.05, 4.69) is 5.10 Å². The van der Waals surface area contributed by atoms with Crippen LogP contribution in [0.2, 0.25) is 0 Å². The molecule has 4 nitrogen and oxygen atoms in total. The fraction of sp³-hybridized carbons (Fsp3) is 0.158. The van der Waals surface area contributed by atoms with Crippen molar-refractivity contribution in [2.75, 3.05) is 6.54 Å². The molecule has 8 heteroatoms. The summed E-state index contributed by atoms with van der Waals surface area (Å²) in [5.41, 5.74) is 2.41. The largest absolute Gasteiger partial charge is 0.405 e. The predicted molar refractivity (Wildman–Crippen MR) is 99.2 cm³/mol. The minimum Gasteiger partial charge on any atom is -0.343 e. The van der Waals surface area contributed by atoms with Crippen molar-refractivity contribution in [1.82, 2.24) is 15.1 Å². The van der Waals surface area contributed by atoms with Gasteiger partial charge in [0.2, 0.25) is 5.91 Å². The Balaban J connectivity index is 1.80. The fourth-order valence-corrected chi connectivity index (χ4v) is 3.16. The lowest BCUT2D eigenvalue weighted by Crippen LogP contribution is -2.32. The molecule has 1 aromatic carbocycles. The second kappa shape index (κ2) is 8.22. The highest BCUT2D eigenvalue weighted by molar-refractivity contribution is 7.13. The average molecular weight is 391 g/mol. The van der Waals surface area contributed by atoms with Gasteiger partial charge in [0.15, 0.2) is 0 Å². The van der Waals surface area contributed by atoms with Gasteiger partial charge in [-0.2, -0.15) is 18.3 Å². The molecular formula is C19H16F3N3OS. The summed E-state index contributed by atoms with van der Waals surface area (Å²) in [6.07, 6.45) is -0.0935. The third-order valence-electron chi connectivity index (χ3n) is 3.61. The molecule has 27 heavy (non-hydrogen) atoms. The van der Waals surface area contributed by atoms with Crippen LogP contribution in [0.5, 0.6) is 0 Å². The minimum absolute atomic E-state index is 0.549. The van der Waals surface area contributed by atoms with E-state index in [1.165, 1.54) is 17.4 Å². The van der Waals surface area contributed by atoms with Gasteiger partial charge in [0.05, 0.1) is 11.4 Å². The summed E-state index contributed by atoms with van der Waals surface area (Å²) >= 11 is 1.50. The number of rotatable bonds is 6. The Bertz CT molecular complexity index is 916. The number of halogens is 3. The van der Waals surface area contributed by atoms with Crippen LogP contribution >= 0.6 is 11.3 Å². The Morgan fingerprint density at radius 3 is 2.63 bits per heavy atom. The quantitative estimate of drug-likeness (QED) is 0.635. The average Bonchev–Trinajstić information content (AvgIpc) is 3.28. The summed E-state index contributed by atoms with van der Waals surface area (Å²) in [7, 11) is 0. The number of carbonyl (C=O) groups is 1. The van der Waals surface area contributed by atoms with Crippen LogP contribution in [0.15, 0.2) is 60.1 Å². The lowest BCUT2D eigenvalue weighted by atomic mass is 10.2. The van der Waals surface area contributed by atoms with Crippen molar-refractivity contribution in [3.05, 3.63) is 71.2 Å². The number of alkyl halides is 3. The minimum atomic E-state index is -4.44. The summed E-state index contributed by atoms with van der Waals surface area (Å²) in [4.78, 5) is 12.6. The summed E-state index contributed by atoms with van der Waals surface area (Å²) < 4.78 is 38.3. The number of hydrogen-bond donors (Lipinski definition) is 1. The van der Waals surface area contributed by atoms with E-state index < -0.39 is 18.6 Å². The van der Waals surface area contributed by atoms with Gasteiger partial charge in [0.25, 0.3) is 0 Å². The molecule has 0 aliphatic rings. The van der Waals surface area contributed by atoms with Crippen molar-refractivity contribution in [3.8, 4) is 10.6 Å². The molecule has 1 amide bonds. The molecule has 0 radical (unpaired) electrons. The van der Waals surface area contributed by atoms with Crippen molar-refractivity contribution < 1.29 is 18.0 Å². The SMILES string of the molecule is O=C(C=Cc1cn(Cc2ccccc2)nc1-c1cccs1)NCC(F)(F)F. The van der Waals surface area contributed by atoms with E-state index in [1.807, 2.05) is 53.2 Å². The zero-order valence-electron chi connectivity index (χ0n) is 14.1. The van der Waals surface area contributed by atoms with Gasteiger partial charge in [-0.15, -0.1) is 11.3 Å². The van der Waals surface area contributed by atoms with E-state index in [0.29, 0.717) is 17.8 Å². The molecule has 0 bridgehead atoms. The van der Waals surface area contributed by atoms with Crippen molar-refractivity contribution in [3.63, 3.8) is 0 Å². The molecule has 0 saturated carbocycles. The lowest BCUT2D eigenvalue weighted by Gasteiger charge is -2.05. The van der Waals surface area contributed by atoms with Crippen LogP contribution in [-0.2, 0) is 11.3 Å². The number of aromatic nitrogens is 2. The fourth-order valence-electron chi connectivity index (χ4n) is 2.43. The zero-order valence-corrected chi connectivity index (χ0v) is 14.9. The van der Waals surface area contributed by atoms with Gasteiger partial charge in [-0.05, 0) is 23.1 Å². The van der Waals surface area contributed by atoms with E-state index >= 15 is 0 Å². The summed E-state index contributed by atoms with van der Waals surface area (Å²) in [6, 6.07) is 13.5. The van der Waals surface area contributed by atoms with Gasteiger partial charge < -0.3 is 5.32 Å². The molecule has 0 aliphatic heterocycles. The Kier molecular flexibility index (Phi) is 5.75. The Morgan fingerprint density at radius 2 is 1.96 bits per heavy atom. The van der Waals surface area contributed by atoms with Crippen LogP contribution in [0.4, 0.5) is 13.2 Å².